The lowest BCUT2D eigenvalue weighted by Crippen LogP contribution is -2.49. The largest absolute Gasteiger partial charge is 0.416 e. The van der Waals surface area contributed by atoms with Crippen LogP contribution in [-0.2, 0) is 6.18 Å². The lowest BCUT2D eigenvalue weighted by molar-refractivity contribution is -0.137. The third-order valence-corrected chi connectivity index (χ3v) is 5.49. The van der Waals surface area contributed by atoms with Crippen molar-refractivity contribution >= 4 is 11.8 Å². The van der Waals surface area contributed by atoms with Gasteiger partial charge in [0.1, 0.15) is 5.82 Å². The smallest absolute Gasteiger partial charge is 0.355 e. The zero-order chi connectivity index (χ0) is 19.2. The van der Waals surface area contributed by atoms with Gasteiger partial charge in [-0.05, 0) is 50.8 Å². The molecule has 0 N–H and O–H groups in total. The molecule has 0 aliphatic carbocycles. The van der Waals surface area contributed by atoms with Gasteiger partial charge in [-0.3, -0.25) is 0 Å². The van der Waals surface area contributed by atoms with Gasteiger partial charge in [0, 0.05) is 37.2 Å². The average Bonchev–Trinajstić information content (AvgIpc) is 3.03. The summed E-state index contributed by atoms with van der Waals surface area (Å²) in [5.74, 6) is 1.62. The lowest BCUT2D eigenvalue weighted by atomic mass is 9.92. The Labute approximate surface area is 156 Å². The molecule has 0 bridgehead atoms. The van der Waals surface area contributed by atoms with E-state index < -0.39 is 11.7 Å². The molecular weight excluding hydrogens is 355 g/mol. The van der Waals surface area contributed by atoms with Crippen LogP contribution in [0.1, 0.15) is 29.8 Å². The molecule has 0 aromatic carbocycles. The SMILES string of the molecule is Cc1cc(C)nc(N2CCC3CCN(c4cc(C(F)(F)F)ccn4)CC32)n1. The minimum atomic E-state index is -4.36. The van der Waals surface area contributed by atoms with Crippen molar-refractivity contribution in [3.8, 4) is 0 Å². The van der Waals surface area contributed by atoms with E-state index in [2.05, 4.69) is 19.9 Å². The van der Waals surface area contributed by atoms with E-state index in [4.69, 9.17) is 0 Å². The molecule has 4 rings (SSSR count). The Morgan fingerprint density at radius 2 is 1.74 bits per heavy atom. The summed E-state index contributed by atoms with van der Waals surface area (Å²) in [7, 11) is 0. The summed E-state index contributed by atoms with van der Waals surface area (Å²) < 4.78 is 39.1. The van der Waals surface area contributed by atoms with Gasteiger partial charge in [-0.15, -0.1) is 0 Å². The second kappa shape index (κ2) is 6.65. The predicted molar refractivity (Wildman–Crippen MR) is 96.8 cm³/mol. The van der Waals surface area contributed by atoms with E-state index in [1.165, 1.54) is 6.20 Å². The number of alkyl halides is 3. The third kappa shape index (κ3) is 3.57. The topological polar surface area (TPSA) is 45.2 Å². The van der Waals surface area contributed by atoms with Crippen molar-refractivity contribution in [2.45, 2.75) is 38.9 Å². The highest BCUT2D eigenvalue weighted by atomic mass is 19.4. The zero-order valence-electron chi connectivity index (χ0n) is 15.4. The van der Waals surface area contributed by atoms with Crippen LogP contribution in [0.15, 0.2) is 24.4 Å². The molecule has 27 heavy (non-hydrogen) atoms. The van der Waals surface area contributed by atoms with Gasteiger partial charge in [0.15, 0.2) is 0 Å². The summed E-state index contributed by atoms with van der Waals surface area (Å²) in [5.41, 5.74) is 1.19. The first-order chi connectivity index (χ1) is 12.8. The van der Waals surface area contributed by atoms with E-state index in [-0.39, 0.29) is 6.04 Å². The quantitative estimate of drug-likeness (QED) is 0.800. The Hall–Kier alpha value is -2.38. The molecule has 2 aliphatic rings. The first-order valence-corrected chi connectivity index (χ1v) is 9.18. The maximum atomic E-state index is 13.0. The highest BCUT2D eigenvalue weighted by Crippen LogP contribution is 2.36. The molecule has 2 saturated heterocycles. The highest BCUT2D eigenvalue weighted by Gasteiger charge is 2.40. The molecule has 8 heteroatoms. The number of fused-ring (bicyclic) bond motifs is 1. The van der Waals surface area contributed by atoms with Gasteiger partial charge in [0.2, 0.25) is 5.95 Å². The Kier molecular flexibility index (Phi) is 4.44. The second-order valence-electron chi connectivity index (χ2n) is 7.40. The second-order valence-corrected chi connectivity index (χ2v) is 7.40. The lowest BCUT2D eigenvalue weighted by Gasteiger charge is -2.39. The Bertz CT molecular complexity index is 818. The summed E-state index contributed by atoms with van der Waals surface area (Å²) >= 11 is 0. The maximum Gasteiger partial charge on any atom is 0.416 e. The zero-order valence-corrected chi connectivity index (χ0v) is 15.4. The van der Waals surface area contributed by atoms with Crippen molar-refractivity contribution in [3.63, 3.8) is 0 Å². The molecule has 5 nitrogen and oxygen atoms in total. The Morgan fingerprint density at radius 1 is 1.04 bits per heavy atom. The number of nitrogens with zero attached hydrogens (tertiary/aromatic N) is 5. The first-order valence-electron chi connectivity index (χ1n) is 9.18. The van der Waals surface area contributed by atoms with Crippen molar-refractivity contribution in [1.82, 2.24) is 15.0 Å². The molecule has 144 valence electrons. The molecule has 0 spiro atoms. The van der Waals surface area contributed by atoms with Gasteiger partial charge >= 0.3 is 6.18 Å². The minimum Gasteiger partial charge on any atom is -0.355 e. The van der Waals surface area contributed by atoms with Crippen molar-refractivity contribution in [3.05, 3.63) is 41.3 Å². The molecule has 2 fully saturated rings. The number of pyridine rings is 1. The monoisotopic (exact) mass is 377 g/mol. The van der Waals surface area contributed by atoms with E-state index in [0.29, 0.717) is 18.3 Å². The van der Waals surface area contributed by atoms with Crippen LogP contribution in [0, 0.1) is 19.8 Å². The number of aromatic nitrogens is 3. The predicted octanol–water partition coefficient (Wildman–Crippen LogP) is 3.61. The van der Waals surface area contributed by atoms with Gasteiger partial charge in [-0.1, -0.05) is 0 Å². The number of piperidine rings is 1. The molecule has 0 saturated carbocycles. The summed E-state index contributed by atoms with van der Waals surface area (Å²) in [6.45, 7) is 6.13. The van der Waals surface area contributed by atoms with Crippen LogP contribution >= 0.6 is 0 Å². The van der Waals surface area contributed by atoms with Crippen molar-refractivity contribution in [1.29, 1.82) is 0 Å². The van der Waals surface area contributed by atoms with Crippen LogP contribution in [0.4, 0.5) is 24.9 Å². The fourth-order valence-electron chi connectivity index (χ4n) is 4.20. The van der Waals surface area contributed by atoms with Crippen molar-refractivity contribution < 1.29 is 13.2 Å². The molecule has 2 aliphatic heterocycles. The maximum absolute atomic E-state index is 13.0. The minimum absolute atomic E-state index is 0.191. The number of halogens is 3. The van der Waals surface area contributed by atoms with Gasteiger partial charge < -0.3 is 9.80 Å². The Balaban J connectivity index is 1.58. The average molecular weight is 377 g/mol. The standard InChI is InChI=1S/C19H22F3N5/c1-12-9-13(2)25-18(24-12)27-8-5-14-4-7-26(11-16(14)27)17-10-15(3-6-23-17)19(20,21)22/h3,6,9-10,14,16H,4-5,7-8,11H2,1-2H3. The van der Waals surface area contributed by atoms with E-state index in [9.17, 15) is 13.2 Å². The summed E-state index contributed by atoms with van der Waals surface area (Å²) in [6, 6.07) is 4.29. The number of hydrogen-bond acceptors (Lipinski definition) is 5. The summed E-state index contributed by atoms with van der Waals surface area (Å²) in [6.07, 6.45) is -1.12. The first kappa shape index (κ1) is 18.0. The van der Waals surface area contributed by atoms with Gasteiger partial charge in [0.25, 0.3) is 0 Å². The molecule has 2 unspecified atom stereocenters. The number of anilines is 2. The van der Waals surface area contributed by atoms with Crippen LogP contribution < -0.4 is 9.80 Å². The van der Waals surface area contributed by atoms with Gasteiger partial charge in [0.05, 0.1) is 11.6 Å². The Morgan fingerprint density at radius 3 is 2.44 bits per heavy atom. The number of aryl methyl sites for hydroxylation is 2. The fraction of sp³-hybridized carbons (Fsp3) is 0.526. The molecule has 2 aromatic rings. The van der Waals surface area contributed by atoms with Crippen molar-refractivity contribution in [2.24, 2.45) is 5.92 Å². The molecule has 4 heterocycles. The van der Waals surface area contributed by atoms with Crippen LogP contribution in [0.2, 0.25) is 0 Å². The van der Waals surface area contributed by atoms with Gasteiger partial charge in [-0.2, -0.15) is 13.2 Å². The summed E-state index contributed by atoms with van der Waals surface area (Å²) in [4.78, 5) is 17.5. The normalized spacial score (nSPS) is 22.9. The van der Waals surface area contributed by atoms with E-state index in [0.717, 1.165) is 55.4 Å². The van der Waals surface area contributed by atoms with E-state index >= 15 is 0 Å². The number of rotatable bonds is 2. The van der Waals surface area contributed by atoms with Crippen LogP contribution in [0.5, 0.6) is 0 Å². The molecule has 0 amide bonds. The number of hydrogen-bond donors (Lipinski definition) is 0. The molecule has 2 aromatic heterocycles. The van der Waals surface area contributed by atoms with Crippen LogP contribution in [0.25, 0.3) is 0 Å². The molecular formula is C19H22F3N5. The van der Waals surface area contributed by atoms with Gasteiger partial charge in [-0.25, -0.2) is 15.0 Å². The molecule has 0 radical (unpaired) electrons. The van der Waals surface area contributed by atoms with Crippen LogP contribution in [-0.4, -0.2) is 40.6 Å². The summed E-state index contributed by atoms with van der Waals surface area (Å²) in [5, 5.41) is 0. The fourth-order valence-corrected chi connectivity index (χ4v) is 4.20. The third-order valence-electron chi connectivity index (χ3n) is 5.49. The van der Waals surface area contributed by atoms with Crippen molar-refractivity contribution in [2.75, 3.05) is 29.4 Å². The van der Waals surface area contributed by atoms with Crippen LogP contribution in [0.3, 0.4) is 0 Å². The van der Waals surface area contributed by atoms with E-state index in [1.54, 1.807) is 0 Å². The van der Waals surface area contributed by atoms with E-state index in [1.807, 2.05) is 24.8 Å². The molecule has 2 atom stereocenters. The highest BCUT2D eigenvalue weighted by molar-refractivity contribution is 5.45.